The minimum Gasteiger partial charge on any atom is -0.390 e. The second kappa shape index (κ2) is 15.7. The van der Waals surface area contributed by atoms with E-state index in [0.717, 1.165) is 16.7 Å². The van der Waals surface area contributed by atoms with Crippen molar-refractivity contribution in [3.8, 4) is 0 Å². The molecule has 0 aromatic rings. The maximum absolute atomic E-state index is 17.2. The Morgan fingerprint density at radius 3 is 1.76 bits per heavy atom. The standard InChI is InChI=1S/C57H72N2O12/c1-22(2)16-33-39-28(9)26(7)20-31-18-25(6)13-15-36(61)45-38-37(48(64)53(31,39)51(66)58-33)46-41-30(11)47(63)56(68)42-43(55(41,50(38)70-46)57(56,69)71-45)49(65)54-32(19-24(5)12-14-35(60)44(42)62)21-27(8)29(10)40(54)34(17-23(3)4)59-52(54)67/h18-23,28-29,31-34,36-40,42-43,45-46,50,61,68-69H,12-17H2,1-11H3,(H,58,66)(H,59,67)/b24-19+,25-18+/t28-,29-,31+,32+,33+,34+,36-,37+,38-,39+,40+,42-,43-,45-,46?,50?,53+,54+,55?,56+,57+/m1/s1. The van der Waals surface area contributed by atoms with E-state index in [9.17, 15) is 20.1 Å². The first-order valence-electron chi connectivity index (χ1n) is 26.5. The number of hydrogen-bond acceptors (Lipinski definition) is 12. The zero-order valence-corrected chi connectivity index (χ0v) is 43.0. The first-order valence-corrected chi connectivity index (χ1v) is 26.5. The highest BCUT2D eigenvalue weighted by Crippen LogP contribution is 2.80. The van der Waals surface area contributed by atoms with Crippen molar-refractivity contribution in [1.82, 2.24) is 10.6 Å². The number of fused-ring (bicyclic) bond motifs is 5. The van der Waals surface area contributed by atoms with E-state index in [2.05, 4.69) is 24.5 Å². The number of aliphatic hydroxyl groups is 3. The molecule has 0 aromatic carbocycles. The van der Waals surface area contributed by atoms with Crippen LogP contribution in [0.15, 0.2) is 57.7 Å². The Morgan fingerprint density at radius 1 is 0.704 bits per heavy atom. The van der Waals surface area contributed by atoms with Gasteiger partial charge >= 0.3 is 0 Å². The molecule has 5 N–H and O–H groups in total. The van der Waals surface area contributed by atoms with E-state index in [-0.39, 0.29) is 66.5 Å². The summed E-state index contributed by atoms with van der Waals surface area (Å²) in [5.41, 5.74) is -5.99. The molecular weight excluding hydrogens is 905 g/mol. The van der Waals surface area contributed by atoms with Gasteiger partial charge in [0, 0.05) is 54.0 Å². The Bertz CT molecular complexity index is 2670. The molecule has 21 atom stereocenters. The van der Waals surface area contributed by atoms with Crippen LogP contribution in [0.25, 0.3) is 0 Å². The summed E-state index contributed by atoms with van der Waals surface area (Å²) in [6, 6.07) is -0.900. The van der Waals surface area contributed by atoms with Gasteiger partial charge in [-0.15, -0.1) is 0 Å². The largest absolute Gasteiger partial charge is 0.390 e. The van der Waals surface area contributed by atoms with E-state index in [1.54, 1.807) is 6.92 Å². The van der Waals surface area contributed by atoms with Gasteiger partial charge in [-0.2, -0.15) is 0 Å². The summed E-state index contributed by atoms with van der Waals surface area (Å²) in [6.45, 7) is 21.3. The normalized spacial score (nSPS) is 51.2. The molecule has 6 aliphatic carbocycles. The Hall–Kier alpha value is -4.21. The second-order valence-corrected chi connectivity index (χ2v) is 25.1. The van der Waals surface area contributed by atoms with Gasteiger partial charge in [0.05, 0.1) is 41.7 Å². The van der Waals surface area contributed by atoms with Crippen molar-refractivity contribution in [2.75, 3.05) is 0 Å². The number of hydrogen-bond donors (Lipinski definition) is 5. The van der Waals surface area contributed by atoms with Gasteiger partial charge in [0.2, 0.25) is 23.4 Å². The lowest BCUT2D eigenvalue weighted by atomic mass is 9.44. The monoisotopic (exact) mass is 977 g/mol. The molecule has 0 radical (unpaired) electrons. The Balaban J connectivity index is 1.19. The SMILES string of the molecule is CC1=C[C@@H]2/C=C(\C)CC[C@@H](O)[C@H]3O[C@@]4(O)C56C(=C(C)C(=O)[C@@]4(O)[C@H]4C(=O)C(=O)CC/C(C)=C/[C@H]7C=C(C)[C@@H](C)[C@H]8[C@H](CC(C)C)NC(=O)[C@]87C(=O)[C@@H]45)C4OC6[C@@H]3[C@@H]4C(=O)[C@]23C(=O)N[C@@H](CC(C)C)[C@@H]3[C@@H]1C. The van der Waals surface area contributed by atoms with Crippen LogP contribution in [0.4, 0.5) is 0 Å². The summed E-state index contributed by atoms with van der Waals surface area (Å²) in [4.78, 5) is 110. The zero-order chi connectivity index (χ0) is 51.3. The molecule has 11 aliphatic rings. The number of ketones is 5. The number of aliphatic hydroxyl groups excluding tert-OH is 1. The van der Waals surface area contributed by atoms with Crippen LogP contribution < -0.4 is 10.6 Å². The highest BCUT2D eigenvalue weighted by Gasteiger charge is 2.96. The average molecular weight is 977 g/mol. The summed E-state index contributed by atoms with van der Waals surface area (Å²) < 4.78 is 14.1. The molecular formula is C57H72N2O12. The fourth-order valence-corrected chi connectivity index (χ4v) is 17.9. The maximum atomic E-state index is 17.2. The molecule has 5 aliphatic heterocycles. The van der Waals surface area contributed by atoms with Gasteiger partial charge < -0.3 is 35.4 Å². The number of ether oxygens (including phenoxy) is 2. The Morgan fingerprint density at radius 2 is 1.23 bits per heavy atom. The van der Waals surface area contributed by atoms with Gasteiger partial charge in [0.15, 0.2) is 28.7 Å². The van der Waals surface area contributed by atoms with E-state index < -0.39 is 146 Å². The van der Waals surface area contributed by atoms with Crippen molar-refractivity contribution >= 4 is 40.7 Å². The maximum Gasteiger partial charge on any atom is 0.235 e. The van der Waals surface area contributed by atoms with Crippen LogP contribution in [-0.4, -0.2) is 104 Å². The van der Waals surface area contributed by atoms with Crippen molar-refractivity contribution in [3.63, 3.8) is 0 Å². The van der Waals surface area contributed by atoms with Crippen LogP contribution in [0.2, 0.25) is 0 Å². The predicted octanol–water partition coefficient (Wildman–Crippen LogP) is 4.79. The van der Waals surface area contributed by atoms with Crippen LogP contribution in [0.1, 0.15) is 115 Å². The zero-order valence-electron chi connectivity index (χ0n) is 43.0. The molecule has 1 saturated carbocycles. The molecule has 14 heteroatoms. The first kappa shape index (κ1) is 49.0. The smallest absolute Gasteiger partial charge is 0.235 e. The molecule has 5 heterocycles. The van der Waals surface area contributed by atoms with Gasteiger partial charge in [0.1, 0.15) is 10.8 Å². The van der Waals surface area contributed by atoms with Gasteiger partial charge in [-0.3, -0.25) is 33.6 Å². The number of allylic oxidation sites excluding steroid dienone is 8. The summed E-state index contributed by atoms with van der Waals surface area (Å²) in [6.07, 6.45) is 2.99. The third kappa shape index (κ3) is 5.59. The number of carbonyl (C=O) groups excluding carboxylic acids is 7. The molecule has 382 valence electrons. The lowest BCUT2D eigenvalue weighted by Gasteiger charge is -2.62. The van der Waals surface area contributed by atoms with Gasteiger partial charge in [-0.05, 0) is 102 Å². The third-order valence-corrected chi connectivity index (χ3v) is 20.7. The molecule has 3 spiro atoms. The lowest BCUT2D eigenvalue weighted by molar-refractivity contribution is -0.383. The number of rotatable bonds is 4. The van der Waals surface area contributed by atoms with Crippen molar-refractivity contribution in [3.05, 3.63) is 57.7 Å². The van der Waals surface area contributed by atoms with Crippen LogP contribution in [0.5, 0.6) is 0 Å². The van der Waals surface area contributed by atoms with Gasteiger partial charge in [-0.1, -0.05) is 88.1 Å². The highest BCUT2D eigenvalue weighted by molar-refractivity contribution is 6.40. The van der Waals surface area contributed by atoms with Crippen LogP contribution >= 0.6 is 0 Å². The van der Waals surface area contributed by atoms with E-state index >= 15 is 28.8 Å². The van der Waals surface area contributed by atoms with Gasteiger partial charge in [0.25, 0.3) is 0 Å². The van der Waals surface area contributed by atoms with Crippen LogP contribution in [0, 0.1) is 87.3 Å². The minimum atomic E-state index is -3.30. The summed E-state index contributed by atoms with van der Waals surface area (Å²) >= 11 is 0. The molecule has 11 rings (SSSR count). The van der Waals surface area contributed by atoms with E-state index in [0.29, 0.717) is 18.4 Å². The van der Waals surface area contributed by atoms with Crippen molar-refractivity contribution in [2.45, 2.75) is 163 Å². The van der Waals surface area contributed by atoms with Crippen molar-refractivity contribution in [2.24, 2.45) is 87.3 Å². The van der Waals surface area contributed by atoms with Crippen LogP contribution in [0.3, 0.4) is 0 Å². The van der Waals surface area contributed by atoms with Crippen LogP contribution in [-0.2, 0) is 43.0 Å². The fraction of sp³-hybridized carbons (Fsp3) is 0.702. The quantitative estimate of drug-likeness (QED) is 0.146. The molecule has 14 nitrogen and oxygen atoms in total. The fourth-order valence-electron chi connectivity index (χ4n) is 17.9. The van der Waals surface area contributed by atoms with E-state index in [1.807, 2.05) is 72.8 Å². The number of amides is 2. The number of carbonyl (C=O) groups is 7. The van der Waals surface area contributed by atoms with Gasteiger partial charge in [-0.25, -0.2) is 0 Å². The topological polar surface area (TPSA) is 223 Å². The second-order valence-electron chi connectivity index (χ2n) is 25.1. The molecule has 5 saturated heterocycles. The molecule has 0 aromatic heterocycles. The number of Topliss-reactive ketones (excluding diaryl/α,β-unsaturated/α-hetero) is 5. The van der Waals surface area contributed by atoms with Crippen molar-refractivity contribution in [1.29, 1.82) is 0 Å². The summed E-state index contributed by atoms with van der Waals surface area (Å²) in [5, 5.41) is 46.7. The predicted molar refractivity (Wildman–Crippen MR) is 257 cm³/mol. The third-order valence-electron chi connectivity index (χ3n) is 20.7. The minimum absolute atomic E-state index is 0.000866. The molecule has 71 heavy (non-hydrogen) atoms. The Kier molecular flexibility index (Phi) is 10.8. The van der Waals surface area contributed by atoms with E-state index in [4.69, 9.17) is 9.47 Å². The average Bonchev–Trinajstić information content (AvgIpc) is 4.04. The molecule has 3 unspecified atom stereocenters. The first-order chi connectivity index (χ1) is 33.3. The Labute approximate surface area is 416 Å². The number of nitrogens with one attached hydrogen (secondary N) is 2. The lowest BCUT2D eigenvalue weighted by Crippen LogP contribution is -2.78. The van der Waals surface area contributed by atoms with E-state index in [1.165, 1.54) is 6.92 Å². The molecule has 2 amide bonds. The highest BCUT2D eigenvalue weighted by atomic mass is 16.7. The van der Waals surface area contributed by atoms with Crippen molar-refractivity contribution < 1.29 is 58.4 Å². The summed E-state index contributed by atoms with van der Waals surface area (Å²) in [7, 11) is 0. The molecule has 4 bridgehead atoms. The molecule has 6 fully saturated rings. The summed E-state index contributed by atoms with van der Waals surface area (Å²) in [5.74, 6) is -18.8.